The van der Waals surface area contributed by atoms with Crippen LogP contribution in [0.15, 0.2) is 58.5 Å². The molecule has 3 heterocycles. The fraction of sp³-hybridized carbons (Fsp3) is 0.316. The van der Waals surface area contributed by atoms with Crippen molar-refractivity contribution in [1.82, 2.24) is 9.88 Å². The van der Waals surface area contributed by atoms with Crippen LogP contribution in [0.5, 0.6) is 0 Å². The molecule has 2 aromatic heterocycles. The second-order valence-corrected chi connectivity index (χ2v) is 7.08. The van der Waals surface area contributed by atoms with Crippen LogP contribution in [0.25, 0.3) is 10.6 Å². The Morgan fingerprint density at radius 1 is 1.17 bits per heavy atom. The van der Waals surface area contributed by atoms with Crippen molar-refractivity contribution in [1.29, 1.82) is 0 Å². The molecule has 0 amide bonds. The maximum absolute atomic E-state index is 6.11. The molecule has 0 saturated carbocycles. The summed E-state index contributed by atoms with van der Waals surface area (Å²) in [6, 6.07) is 14.5. The number of morpholine rings is 1. The molecule has 1 fully saturated rings. The van der Waals surface area contributed by atoms with E-state index in [9.17, 15) is 0 Å². The first-order valence-corrected chi connectivity index (χ1v) is 9.07. The van der Waals surface area contributed by atoms with Crippen molar-refractivity contribution < 1.29 is 9.15 Å². The number of hydrogen-bond acceptors (Lipinski definition) is 5. The molecule has 0 aliphatic carbocycles. The van der Waals surface area contributed by atoms with E-state index in [1.807, 2.05) is 23.7 Å². The number of ether oxygens (including phenoxy) is 1. The zero-order chi connectivity index (χ0) is 16.4. The number of aromatic nitrogens is 1. The van der Waals surface area contributed by atoms with Crippen molar-refractivity contribution in [3.63, 3.8) is 0 Å². The Morgan fingerprint density at radius 2 is 2.04 bits per heavy atom. The standard InChI is InChI=1S/C19H20N2O2S/c1-14-11-21(12-17(22-14)15-6-3-2-4-7-15)13-19-20-10-16(23-19)18-8-5-9-24-18/h2-10,14,17H,11-13H2,1H3. The van der Waals surface area contributed by atoms with Crippen LogP contribution in [-0.2, 0) is 11.3 Å². The zero-order valence-electron chi connectivity index (χ0n) is 13.6. The van der Waals surface area contributed by atoms with Gasteiger partial charge in [0, 0.05) is 13.1 Å². The Balaban J connectivity index is 1.46. The van der Waals surface area contributed by atoms with Gasteiger partial charge in [0.15, 0.2) is 5.76 Å². The van der Waals surface area contributed by atoms with Gasteiger partial charge >= 0.3 is 0 Å². The van der Waals surface area contributed by atoms with E-state index >= 15 is 0 Å². The normalized spacial score (nSPS) is 21.9. The quantitative estimate of drug-likeness (QED) is 0.707. The Kier molecular flexibility index (Phi) is 4.47. The molecule has 3 aromatic rings. The summed E-state index contributed by atoms with van der Waals surface area (Å²) in [5.41, 5.74) is 1.22. The molecule has 1 aromatic carbocycles. The molecule has 1 saturated heterocycles. The first kappa shape index (κ1) is 15.6. The predicted octanol–water partition coefficient (Wildman–Crippen LogP) is 4.37. The van der Waals surface area contributed by atoms with Crippen LogP contribution >= 0.6 is 11.3 Å². The average Bonchev–Trinajstić information content (AvgIpc) is 3.26. The lowest BCUT2D eigenvalue weighted by molar-refractivity contribution is -0.0829. The highest BCUT2D eigenvalue weighted by molar-refractivity contribution is 7.13. The van der Waals surface area contributed by atoms with Crippen LogP contribution in [0.2, 0.25) is 0 Å². The number of hydrogen-bond donors (Lipinski definition) is 0. The highest BCUT2D eigenvalue weighted by atomic mass is 32.1. The molecule has 0 N–H and O–H groups in total. The van der Waals surface area contributed by atoms with Gasteiger partial charge in [0.05, 0.1) is 29.8 Å². The highest BCUT2D eigenvalue weighted by Gasteiger charge is 2.27. The minimum Gasteiger partial charge on any atom is -0.438 e. The molecule has 0 spiro atoms. The maximum atomic E-state index is 6.11. The van der Waals surface area contributed by atoms with E-state index in [1.165, 1.54) is 5.56 Å². The summed E-state index contributed by atoms with van der Waals surface area (Å²) >= 11 is 1.67. The number of thiophene rings is 1. The molecule has 124 valence electrons. The lowest BCUT2D eigenvalue weighted by atomic mass is 10.1. The van der Waals surface area contributed by atoms with Gasteiger partial charge in [-0.3, -0.25) is 4.90 Å². The third-order valence-corrected chi connectivity index (χ3v) is 5.07. The van der Waals surface area contributed by atoms with Gasteiger partial charge in [-0.2, -0.15) is 0 Å². The molecule has 0 radical (unpaired) electrons. The van der Waals surface area contributed by atoms with E-state index in [1.54, 1.807) is 11.3 Å². The van der Waals surface area contributed by atoms with E-state index in [0.717, 1.165) is 29.6 Å². The number of rotatable bonds is 4. The molecular weight excluding hydrogens is 320 g/mol. The highest BCUT2D eigenvalue weighted by Crippen LogP contribution is 2.28. The first-order chi connectivity index (χ1) is 11.8. The minimum atomic E-state index is 0.0988. The van der Waals surface area contributed by atoms with Gasteiger partial charge in [0.2, 0.25) is 5.89 Å². The third kappa shape index (κ3) is 3.43. The summed E-state index contributed by atoms with van der Waals surface area (Å²) < 4.78 is 12.0. The molecule has 2 atom stereocenters. The zero-order valence-corrected chi connectivity index (χ0v) is 14.4. The molecule has 4 rings (SSSR count). The SMILES string of the molecule is CC1CN(Cc2ncc(-c3cccs3)o2)CC(c2ccccc2)O1. The van der Waals surface area contributed by atoms with Crippen LogP contribution < -0.4 is 0 Å². The molecule has 1 aliphatic heterocycles. The van der Waals surface area contributed by atoms with Gasteiger partial charge < -0.3 is 9.15 Å². The monoisotopic (exact) mass is 340 g/mol. The summed E-state index contributed by atoms with van der Waals surface area (Å²) in [6.07, 6.45) is 2.11. The molecule has 0 bridgehead atoms. The molecular formula is C19H20N2O2S. The van der Waals surface area contributed by atoms with Crippen molar-refractivity contribution in [3.8, 4) is 10.6 Å². The molecule has 2 unspecified atom stereocenters. The molecule has 4 nitrogen and oxygen atoms in total. The third-order valence-electron chi connectivity index (χ3n) is 4.18. The Bertz CT molecular complexity index is 770. The lowest BCUT2D eigenvalue weighted by Gasteiger charge is -2.36. The fourth-order valence-electron chi connectivity index (χ4n) is 3.13. The summed E-state index contributed by atoms with van der Waals surface area (Å²) in [6.45, 7) is 4.57. The topological polar surface area (TPSA) is 38.5 Å². The van der Waals surface area contributed by atoms with Crippen LogP contribution in [0.3, 0.4) is 0 Å². The van der Waals surface area contributed by atoms with Gasteiger partial charge in [-0.1, -0.05) is 36.4 Å². The minimum absolute atomic E-state index is 0.0988. The Morgan fingerprint density at radius 3 is 2.83 bits per heavy atom. The van der Waals surface area contributed by atoms with Gasteiger partial charge in [-0.05, 0) is 23.9 Å². The first-order valence-electron chi connectivity index (χ1n) is 8.19. The van der Waals surface area contributed by atoms with Crippen LogP contribution in [0.4, 0.5) is 0 Å². The van der Waals surface area contributed by atoms with Crippen molar-refractivity contribution in [3.05, 3.63) is 65.5 Å². The number of benzene rings is 1. The summed E-state index contributed by atoms with van der Waals surface area (Å²) in [5.74, 6) is 1.61. The molecule has 24 heavy (non-hydrogen) atoms. The molecule has 5 heteroatoms. The van der Waals surface area contributed by atoms with E-state index in [0.29, 0.717) is 6.54 Å². The van der Waals surface area contributed by atoms with E-state index in [-0.39, 0.29) is 12.2 Å². The summed E-state index contributed by atoms with van der Waals surface area (Å²) in [4.78, 5) is 7.92. The van der Waals surface area contributed by atoms with Crippen molar-refractivity contribution in [2.75, 3.05) is 13.1 Å². The van der Waals surface area contributed by atoms with Crippen LogP contribution in [0, 0.1) is 0 Å². The van der Waals surface area contributed by atoms with Gasteiger partial charge in [-0.15, -0.1) is 11.3 Å². The lowest BCUT2D eigenvalue weighted by Crippen LogP contribution is -2.42. The molecule has 1 aliphatic rings. The van der Waals surface area contributed by atoms with E-state index in [4.69, 9.17) is 9.15 Å². The predicted molar refractivity (Wildman–Crippen MR) is 94.8 cm³/mol. The van der Waals surface area contributed by atoms with Crippen LogP contribution in [-0.4, -0.2) is 29.1 Å². The fourth-order valence-corrected chi connectivity index (χ4v) is 3.80. The number of nitrogens with zero attached hydrogens (tertiary/aromatic N) is 2. The largest absolute Gasteiger partial charge is 0.438 e. The Labute approximate surface area is 145 Å². The van der Waals surface area contributed by atoms with Crippen molar-refractivity contribution >= 4 is 11.3 Å². The average molecular weight is 340 g/mol. The van der Waals surface area contributed by atoms with Gasteiger partial charge in [-0.25, -0.2) is 4.98 Å². The maximum Gasteiger partial charge on any atom is 0.209 e. The number of oxazole rings is 1. The second-order valence-electron chi connectivity index (χ2n) is 6.14. The summed E-state index contributed by atoms with van der Waals surface area (Å²) in [7, 11) is 0. The van der Waals surface area contributed by atoms with Gasteiger partial charge in [0.25, 0.3) is 0 Å². The Hall–Kier alpha value is -1.95. The van der Waals surface area contributed by atoms with Crippen LogP contribution in [0.1, 0.15) is 24.5 Å². The second kappa shape index (κ2) is 6.89. The van der Waals surface area contributed by atoms with E-state index < -0.39 is 0 Å². The van der Waals surface area contributed by atoms with Crippen molar-refractivity contribution in [2.45, 2.75) is 25.7 Å². The summed E-state index contributed by atoms with van der Waals surface area (Å²) in [5, 5.41) is 2.05. The van der Waals surface area contributed by atoms with Crippen molar-refractivity contribution in [2.24, 2.45) is 0 Å². The van der Waals surface area contributed by atoms with Gasteiger partial charge in [0.1, 0.15) is 0 Å². The smallest absolute Gasteiger partial charge is 0.209 e. The van der Waals surface area contributed by atoms with E-state index in [2.05, 4.69) is 47.1 Å².